The zero-order valence-corrected chi connectivity index (χ0v) is 12.1. The molecule has 1 radical (unpaired) electrons. The summed E-state index contributed by atoms with van der Waals surface area (Å²) in [5, 5.41) is 0. The molecule has 0 N–H and O–H groups in total. The largest absolute Gasteiger partial charge is 0.350 e. The van der Waals surface area contributed by atoms with Crippen molar-refractivity contribution in [2.24, 2.45) is 17.3 Å². The van der Waals surface area contributed by atoms with Crippen molar-refractivity contribution < 1.29 is 9.47 Å². The molecule has 0 aromatic carbocycles. The molecule has 2 atom stereocenters. The highest BCUT2D eigenvalue weighted by Gasteiger charge is 2.52. The van der Waals surface area contributed by atoms with Gasteiger partial charge in [0.1, 0.15) is 0 Å². The number of hydrogen-bond donors (Lipinski definition) is 0. The van der Waals surface area contributed by atoms with E-state index in [1.807, 2.05) is 19.8 Å². The predicted octanol–water partition coefficient (Wildman–Crippen LogP) is 3.95. The summed E-state index contributed by atoms with van der Waals surface area (Å²) in [5.74, 6) is 3.34. The average Bonchev–Trinajstić information content (AvgIpc) is 2.79. The molecule has 103 valence electrons. The van der Waals surface area contributed by atoms with Crippen LogP contribution in [-0.4, -0.2) is 19.0 Å². The summed E-state index contributed by atoms with van der Waals surface area (Å²) in [6.45, 7) is 8.19. The van der Waals surface area contributed by atoms with Crippen LogP contribution in [0.3, 0.4) is 0 Å². The highest BCUT2D eigenvalue weighted by Crippen LogP contribution is 2.57. The van der Waals surface area contributed by atoms with E-state index >= 15 is 0 Å². The molecule has 2 aliphatic carbocycles. The Labute approximate surface area is 111 Å². The Bertz CT molecular complexity index is 284. The van der Waals surface area contributed by atoms with Gasteiger partial charge in [0.05, 0.1) is 13.2 Å². The van der Waals surface area contributed by atoms with Crippen molar-refractivity contribution in [1.29, 1.82) is 0 Å². The van der Waals surface area contributed by atoms with Crippen LogP contribution in [0, 0.1) is 23.2 Å². The monoisotopic (exact) mass is 251 g/mol. The van der Waals surface area contributed by atoms with Gasteiger partial charge in [0.25, 0.3) is 0 Å². The summed E-state index contributed by atoms with van der Waals surface area (Å²) < 4.78 is 11.8. The van der Waals surface area contributed by atoms with Gasteiger partial charge < -0.3 is 9.47 Å². The summed E-state index contributed by atoms with van der Waals surface area (Å²) in [5.41, 5.74) is 0.350. The molecule has 2 saturated carbocycles. The molecule has 0 aromatic heterocycles. The normalized spacial score (nSPS) is 38.2. The van der Waals surface area contributed by atoms with Crippen molar-refractivity contribution in [3.63, 3.8) is 0 Å². The minimum atomic E-state index is -0.359. The Hall–Kier alpha value is -0.0800. The van der Waals surface area contributed by atoms with E-state index in [0.717, 1.165) is 25.0 Å². The minimum Gasteiger partial charge on any atom is -0.350 e. The van der Waals surface area contributed by atoms with Crippen LogP contribution in [0.2, 0.25) is 0 Å². The van der Waals surface area contributed by atoms with E-state index in [2.05, 4.69) is 6.92 Å². The van der Waals surface area contributed by atoms with Crippen molar-refractivity contribution >= 4 is 0 Å². The van der Waals surface area contributed by atoms with Gasteiger partial charge in [-0.25, -0.2) is 0 Å². The van der Waals surface area contributed by atoms with Gasteiger partial charge >= 0.3 is 0 Å². The van der Waals surface area contributed by atoms with E-state index < -0.39 is 0 Å². The van der Waals surface area contributed by atoms with Crippen LogP contribution in [0.25, 0.3) is 0 Å². The van der Waals surface area contributed by atoms with Gasteiger partial charge in [-0.15, -0.1) is 0 Å². The van der Waals surface area contributed by atoms with Gasteiger partial charge in [0, 0.05) is 5.41 Å². The Balaban J connectivity index is 1.58. The molecule has 1 spiro atoms. The SMILES string of the molecule is CCC[C]1C[C@H]2CC3(COC(C)(C)OC3)C[C@@H]2C1. The quantitative estimate of drug-likeness (QED) is 0.740. The molecule has 0 unspecified atom stereocenters. The third kappa shape index (κ3) is 2.34. The standard InChI is InChI=1S/C16H27O2/c1-4-5-12-6-13-8-16(9-14(13)7-12)10-17-15(2,3)18-11-16/h13-14H,4-11H2,1-3H3/t13-,14-/m0/s1. The van der Waals surface area contributed by atoms with E-state index in [-0.39, 0.29) is 5.79 Å². The second-order valence-corrected chi connectivity index (χ2v) is 7.31. The maximum atomic E-state index is 5.91. The number of rotatable bonds is 2. The second-order valence-electron chi connectivity index (χ2n) is 7.31. The molecular weight excluding hydrogens is 224 g/mol. The summed E-state index contributed by atoms with van der Waals surface area (Å²) in [4.78, 5) is 0. The molecule has 0 amide bonds. The molecule has 3 aliphatic rings. The van der Waals surface area contributed by atoms with Crippen LogP contribution in [-0.2, 0) is 9.47 Å². The van der Waals surface area contributed by atoms with E-state index in [9.17, 15) is 0 Å². The number of ether oxygens (including phenoxy) is 2. The third-order valence-corrected chi connectivity index (χ3v) is 5.21. The molecule has 1 saturated heterocycles. The first kappa shape index (κ1) is 12.9. The maximum Gasteiger partial charge on any atom is 0.162 e. The Morgan fingerprint density at radius 2 is 1.61 bits per heavy atom. The lowest BCUT2D eigenvalue weighted by atomic mass is 9.83. The third-order valence-electron chi connectivity index (χ3n) is 5.21. The molecule has 18 heavy (non-hydrogen) atoms. The van der Waals surface area contributed by atoms with Crippen LogP contribution >= 0.6 is 0 Å². The van der Waals surface area contributed by atoms with Crippen molar-refractivity contribution in [3.05, 3.63) is 5.92 Å². The Morgan fingerprint density at radius 1 is 1.06 bits per heavy atom. The van der Waals surface area contributed by atoms with Crippen molar-refractivity contribution in [3.8, 4) is 0 Å². The first-order chi connectivity index (χ1) is 8.52. The molecule has 1 aliphatic heterocycles. The predicted molar refractivity (Wildman–Crippen MR) is 72.0 cm³/mol. The molecule has 3 rings (SSSR count). The molecule has 0 aromatic rings. The lowest BCUT2D eigenvalue weighted by Gasteiger charge is -2.42. The highest BCUT2D eigenvalue weighted by atomic mass is 16.7. The number of fused-ring (bicyclic) bond motifs is 1. The van der Waals surface area contributed by atoms with Crippen LogP contribution in [0.5, 0.6) is 0 Å². The van der Waals surface area contributed by atoms with Crippen LogP contribution in [0.4, 0.5) is 0 Å². The maximum absolute atomic E-state index is 5.91. The van der Waals surface area contributed by atoms with E-state index in [1.54, 1.807) is 0 Å². The van der Waals surface area contributed by atoms with Gasteiger partial charge in [-0.1, -0.05) is 13.3 Å². The van der Waals surface area contributed by atoms with Gasteiger partial charge in [-0.2, -0.15) is 0 Å². The van der Waals surface area contributed by atoms with E-state index in [4.69, 9.17) is 9.47 Å². The van der Waals surface area contributed by atoms with Crippen molar-refractivity contribution in [1.82, 2.24) is 0 Å². The minimum absolute atomic E-state index is 0.350. The number of hydrogen-bond acceptors (Lipinski definition) is 2. The molecular formula is C16H27O2. The molecule has 0 bridgehead atoms. The average molecular weight is 251 g/mol. The zero-order chi connectivity index (χ0) is 12.8. The Kier molecular flexibility index (Phi) is 3.22. The van der Waals surface area contributed by atoms with Crippen molar-refractivity contribution in [2.75, 3.05) is 13.2 Å². The summed E-state index contributed by atoms with van der Waals surface area (Å²) in [7, 11) is 0. The van der Waals surface area contributed by atoms with Gasteiger partial charge in [0.15, 0.2) is 5.79 Å². The molecule has 1 heterocycles. The summed E-state index contributed by atoms with van der Waals surface area (Å²) in [6.07, 6.45) is 8.13. The fraction of sp³-hybridized carbons (Fsp3) is 0.938. The smallest absolute Gasteiger partial charge is 0.162 e. The second kappa shape index (κ2) is 4.49. The van der Waals surface area contributed by atoms with Gasteiger partial charge in [0.2, 0.25) is 0 Å². The lowest BCUT2D eigenvalue weighted by Crippen LogP contribution is -2.45. The lowest BCUT2D eigenvalue weighted by molar-refractivity contribution is -0.285. The van der Waals surface area contributed by atoms with Crippen LogP contribution in [0.15, 0.2) is 0 Å². The van der Waals surface area contributed by atoms with E-state index in [0.29, 0.717) is 5.41 Å². The highest BCUT2D eigenvalue weighted by molar-refractivity contribution is 5.09. The summed E-state index contributed by atoms with van der Waals surface area (Å²) >= 11 is 0. The summed E-state index contributed by atoms with van der Waals surface area (Å²) in [6, 6.07) is 0. The van der Waals surface area contributed by atoms with Gasteiger partial charge in [-0.3, -0.25) is 0 Å². The molecule has 2 nitrogen and oxygen atoms in total. The van der Waals surface area contributed by atoms with Gasteiger partial charge in [-0.05, 0) is 63.7 Å². The van der Waals surface area contributed by atoms with Crippen LogP contribution in [0.1, 0.15) is 59.3 Å². The fourth-order valence-corrected chi connectivity index (χ4v) is 4.36. The van der Waals surface area contributed by atoms with E-state index in [1.165, 1.54) is 38.5 Å². The van der Waals surface area contributed by atoms with Crippen molar-refractivity contribution in [2.45, 2.75) is 65.1 Å². The fourth-order valence-electron chi connectivity index (χ4n) is 4.36. The molecule has 3 fully saturated rings. The Morgan fingerprint density at radius 3 is 2.11 bits per heavy atom. The van der Waals surface area contributed by atoms with Crippen LogP contribution < -0.4 is 0 Å². The first-order valence-electron chi connectivity index (χ1n) is 7.63. The molecule has 2 heteroatoms. The zero-order valence-electron chi connectivity index (χ0n) is 12.1. The first-order valence-corrected chi connectivity index (χ1v) is 7.63. The topological polar surface area (TPSA) is 18.5 Å².